The highest BCUT2D eigenvalue weighted by Gasteiger charge is 2.17. The predicted molar refractivity (Wildman–Crippen MR) is 82.4 cm³/mol. The van der Waals surface area contributed by atoms with Crippen LogP contribution in [0.25, 0.3) is 0 Å². The van der Waals surface area contributed by atoms with Gasteiger partial charge >= 0.3 is 0 Å². The van der Waals surface area contributed by atoms with E-state index in [2.05, 4.69) is 0 Å². The third-order valence-electron chi connectivity index (χ3n) is 3.42. The van der Waals surface area contributed by atoms with Gasteiger partial charge < -0.3 is 10.6 Å². The van der Waals surface area contributed by atoms with Crippen molar-refractivity contribution in [3.05, 3.63) is 65.0 Å². The van der Waals surface area contributed by atoms with Gasteiger partial charge in [-0.25, -0.2) is 4.39 Å². The van der Waals surface area contributed by atoms with Crippen LogP contribution in [0.4, 0.5) is 10.1 Å². The molecule has 3 nitrogen and oxygen atoms in total. The van der Waals surface area contributed by atoms with Gasteiger partial charge in [-0.2, -0.15) is 0 Å². The molecule has 2 rings (SSSR count). The zero-order valence-electron chi connectivity index (χ0n) is 12.3. The Hall–Kier alpha value is -2.36. The summed E-state index contributed by atoms with van der Waals surface area (Å²) in [6.07, 6.45) is 0. The lowest BCUT2D eigenvalue weighted by Crippen LogP contribution is -2.31. The number of carbonyl (C=O) groups excluding carboxylic acids is 1. The number of hydrogen-bond acceptors (Lipinski definition) is 2. The first-order valence-corrected chi connectivity index (χ1v) is 6.91. The maximum Gasteiger partial charge on any atom is 0.254 e. The Bertz CT molecular complexity index is 655. The Labute approximate surface area is 124 Å². The number of anilines is 1. The van der Waals surface area contributed by atoms with E-state index in [1.165, 1.54) is 12.1 Å². The SMILES string of the molecule is CCN(Cc1cccc(N)c1)C(=O)c1cc(F)ccc1C. The molecule has 21 heavy (non-hydrogen) atoms. The van der Waals surface area contributed by atoms with E-state index in [4.69, 9.17) is 5.73 Å². The van der Waals surface area contributed by atoms with E-state index in [0.717, 1.165) is 11.1 Å². The highest BCUT2D eigenvalue weighted by Crippen LogP contribution is 2.16. The maximum absolute atomic E-state index is 13.4. The van der Waals surface area contributed by atoms with Crippen LogP contribution in [0.5, 0.6) is 0 Å². The largest absolute Gasteiger partial charge is 0.399 e. The lowest BCUT2D eigenvalue weighted by Gasteiger charge is -2.22. The van der Waals surface area contributed by atoms with Crippen LogP contribution in [0.15, 0.2) is 42.5 Å². The van der Waals surface area contributed by atoms with Crippen molar-refractivity contribution in [1.82, 2.24) is 4.90 Å². The van der Waals surface area contributed by atoms with Crippen LogP contribution in [0.2, 0.25) is 0 Å². The average Bonchev–Trinajstić information content (AvgIpc) is 2.46. The summed E-state index contributed by atoms with van der Waals surface area (Å²) in [6, 6.07) is 11.7. The van der Waals surface area contributed by atoms with Gasteiger partial charge in [-0.05, 0) is 49.2 Å². The summed E-state index contributed by atoms with van der Waals surface area (Å²) >= 11 is 0. The third kappa shape index (κ3) is 3.60. The minimum atomic E-state index is -0.399. The standard InChI is InChI=1S/C17H19FN2O/c1-3-20(11-13-5-4-6-15(19)9-13)17(21)16-10-14(18)8-7-12(16)2/h4-10H,3,11,19H2,1-2H3. The summed E-state index contributed by atoms with van der Waals surface area (Å²) < 4.78 is 13.4. The molecule has 1 amide bonds. The molecule has 0 heterocycles. The number of nitrogens with zero attached hydrogens (tertiary/aromatic N) is 1. The number of carbonyl (C=O) groups is 1. The monoisotopic (exact) mass is 286 g/mol. The molecule has 4 heteroatoms. The molecule has 0 aliphatic rings. The molecule has 0 bridgehead atoms. The van der Waals surface area contributed by atoms with Crippen molar-refractivity contribution < 1.29 is 9.18 Å². The van der Waals surface area contributed by atoms with Crippen molar-refractivity contribution in [3.8, 4) is 0 Å². The second-order valence-corrected chi connectivity index (χ2v) is 5.02. The number of halogens is 1. The van der Waals surface area contributed by atoms with Gasteiger partial charge in [0, 0.05) is 24.3 Å². The highest BCUT2D eigenvalue weighted by molar-refractivity contribution is 5.95. The van der Waals surface area contributed by atoms with Crippen LogP contribution in [-0.2, 0) is 6.54 Å². The molecule has 2 N–H and O–H groups in total. The van der Waals surface area contributed by atoms with Crippen molar-refractivity contribution in [3.63, 3.8) is 0 Å². The fourth-order valence-corrected chi connectivity index (χ4v) is 2.23. The van der Waals surface area contributed by atoms with E-state index in [0.29, 0.717) is 24.3 Å². The Morgan fingerprint density at radius 3 is 2.67 bits per heavy atom. The van der Waals surface area contributed by atoms with Crippen molar-refractivity contribution >= 4 is 11.6 Å². The summed E-state index contributed by atoms with van der Waals surface area (Å²) in [6.45, 7) is 4.71. The zero-order valence-corrected chi connectivity index (χ0v) is 12.3. The van der Waals surface area contributed by atoms with Crippen molar-refractivity contribution in [2.75, 3.05) is 12.3 Å². The third-order valence-corrected chi connectivity index (χ3v) is 3.42. The topological polar surface area (TPSA) is 46.3 Å². The van der Waals surface area contributed by atoms with Gasteiger partial charge in [0.05, 0.1) is 0 Å². The molecule has 0 aliphatic heterocycles. The minimum Gasteiger partial charge on any atom is -0.399 e. The van der Waals surface area contributed by atoms with Crippen LogP contribution in [-0.4, -0.2) is 17.4 Å². The fraction of sp³-hybridized carbons (Fsp3) is 0.235. The number of nitrogens with two attached hydrogens (primary N) is 1. The molecule has 2 aromatic carbocycles. The molecule has 0 atom stereocenters. The van der Waals surface area contributed by atoms with Crippen molar-refractivity contribution in [2.45, 2.75) is 20.4 Å². The number of amides is 1. The summed E-state index contributed by atoms with van der Waals surface area (Å²) in [5.74, 6) is -0.569. The van der Waals surface area contributed by atoms with Gasteiger partial charge in [-0.1, -0.05) is 18.2 Å². The van der Waals surface area contributed by atoms with E-state index < -0.39 is 5.82 Å². The second kappa shape index (κ2) is 6.39. The molecular formula is C17H19FN2O. The van der Waals surface area contributed by atoms with Crippen LogP contribution in [0, 0.1) is 12.7 Å². The molecule has 0 aromatic heterocycles. The Balaban J connectivity index is 2.24. The van der Waals surface area contributed by atoms with E-state index >= 15 is 0 Å². The summed E-state index contributed by atoms with van der Waals surface area (Å²) in [7, 11) is 0. The number of rotatable bonds is 4. The quantitative estimate of drug-likeness (QED) is 0.876. The van der Waals surface area contributed by atoms with E-state index in [1.54, 1.807) is 24.0 Å². The first kappa shape index (κ1) is 15.0. The predicted octanol–water partition coefficient (Wildman–Crippen LogP) is 3.38. The Kier molecular flexibility index (Phi) is 4.58. The molecule has 110 valence electrons. The minimum absolute atomic E-state index is 0.170. The van der Waals surface area contributed by atoms with Crippen LogP contribution in [0.3, 0.4) is 0 Å². The summed E-state index contributed by atoms with van der Waals surface area (Å²) in [5.41, 5.74) is 8.55. The molecular weight excluding hydrogens is 267 g/mol. The van der Waals surface area contributed by atoms with Gasteiger partial charge in [0.25, 0.3) is 5.91 Å². The first-order valence-electron chi connectivity index (χ1n) is 6.91. The van der Waals surface area contributed by atoms with Crippen LogP contribution < -0.4 is 5.73 Å². The summed E-state index contributed by atoms with van der Waals surface area (Å²) in [4.78, 5) is 14.2. The smallest absolute Gasteiger partial charge is 0.254 e. The number of benzene rings is 2. The zero-order chi connectivity index (χ0) is 15.4. The molecule has 0 saturated carbocycles. The molecule has 0 fully saturated rings. The molecule has 0 aliphatic carbocycles. The van der Waals surface area contributed by atoms with Crippen LogP contribution in [0.1, 0.15) is 28.4 Å². The lowest BCUT2D eigenvalue weighted by molar-refractivity contribution is 0.0751. The normalized spacial score (nSPS) is 10.4. The van der Waals surface area contributed by atoms with Crippen molar-refractivity contribution in [1.29, 1.82) is 0 Å². The molecule has 0 spiro atoms. The van der Waals surface area contributed by atoms with E-state index in [1.807, 2.05) is 25.1 Å². The number of nitrogen functional groups attached to an aromatic ring is 1. The molecule has 0 unspecified atom stereocenters. The number of aryl methyl sites for hydroxylation is 1. The fourth-order valence-electron chi connectivity index (χ4n) is 2.23. The van der Waals surface area contributed by atoms with E-state index in [9.17, 15) is 9.18 Å². The van der Waals surface area contributed by atoms with Crippen molar-refractivity contribution in [2.24, 2.45) is 0 Å². The van der Waals surface area contributed by atoms with Gasteiger partial charge in [-0.3, -0.25) is 4.79 Å². The Morgan fingerprint density at radius 2 is 2.00 bits per heavy atom. The first-order chi connectivity index (χ1) is 10.0. The number of hydrogen-bond donors (Lipinski definition) is 1. The summed E-state index contributed by atoms with van der Waals surface area (Å²) in [5, 5.41) is 0. The van der Waals surface area contributed by atoms with Gasteiger partial charge in [-0.15, -0.1) is 0 Å². The van der Waals surface area contributed by atoms with Gasteiger partial charge in [0.1, 0.15) is 5.82 Å². The van der Waals surface area contributed by atoms with E-state index in [-0.39, 0.29) is 5.91 Å². The maximum atomic E-state index is 13.4. The van der Waals surface area contributed by atoms with Gasteiger partial charge in [0.15, 0.2) is 0 Å². The van der Waals surface area contributed by atoms with Gasteiger partial charge in [0.2, 0.25) is 0 Å². The molecule has 0 saturated heterocycles. The molecule has 2 aromatic rings. The van der Waals surface area contributed by atoms with Crippen LogP contribution >= 0.6 is 0 Å². The Morgan fingerprint density at radius 1 is 1.24 bits per heavy atom. The highest BCUT2D eigenvalue weighted by atomic mass is 19.1. The molecule has 0 radical (unpaired) electrons. The lowest BCUT2D eigenvalue weighted by atomic mass is 10.1. The second-order valence-electron chi connectivity index (χ2n) is 5.02. The average molecular weight is 286 g/mol.